The first-order valence-electron chi connectivity index (χ1n) is 10.1. The number of Topliss-reactive ketones (excluding diaryl/α,β-unsaturated/α-hetero) is 1. The van der Waals surface area contributed by atoms with Crippen molar-refractivity contribution in [1.29, 1.82) is 0 Å². The molecule has 0 aliphatic carbocycles. The molecule has 2 aromatic carbocycles. The van der Waals surface area contributed by atoms with Crippen molar-refractivity contribution in [1.82, 2.24) is 14.8 Å². The average Bonchev–Trinajstić information content (AvgIpc) is 3.16. The number of aromatic amines is 2. The fourth-order valence-electron chi connectivity index (χ4n) is 4.13. The lowest BCUT2D eigenvalue weighted by atomic mass is 9.93. The van der Waals surface area contributed by atoms with E-state index in [4.69, 9.17) is 0 Å². The molecule has 1 amide bonds. The van der Waals surface area contributed by atoms with E-state index < -0.39 is 22.8 Å². The molecule has 164 valence electrons. The number of anilines is 1. The zero-order chi connectivity index (χ0) is 23.4. The van der Waals surface area contributed by atoms with Crippen LogP contribution in [-0.4, -0.2) is 31.6 Å². The van der Waals surface area contributed by atoms with Gasteiger partial charge in [-0.1, -0.05) is 24.3 Å². The van der Waals surface area contributed by atoms with Gasteiger partial charge in [0.1, 0.15) is 11.3 Å². The van der Waals surface area contributed by atoms with Crippen molar-refractivity contribution in [2.24, 2.45) is 7.05 Å². The minimum absolute atomic E-state index is 0.0213. The van der Waals surface area contributed by atoms with E-state index in [1.165, 1.54) is 4.57 Å². The number of fused-ring (bicyclic) bond motifs is 2. The Hall–Kier alpha value is -4.66. The summed E-state index contributed by atoms with van der Waals surface area (Å²) in [5.41, 5.74) is 0.225. The number of aryl methyl sites for hydroxylation is 2. The summed E-state index contributed by atoms with van der Waals surface area (Å²) in [5, 5.41) is 19.0. The Labute approximate surface area is 186 Å². The lowest BCUT2D eigenvalue weighted by molar-refractivity contribution is -0.112. The number of amides is 1. The molecule has 33 heavy (non-hydrogen) atoms. The molecule has 1 aliphatic rings. The molecule has 4 aromatic rings. The smallest absolute Gasteiger partial charge is 0.271 e. The van der Waals surface area contributed by atoms with Gasteiger partial charge < -0.3 is 15.0 Å². The molecule has 0 bridgehead atoms. The van der Waals surface area contributed by atoms with Crippen molar-refractivity contribution in [2.75, 3.05) is 5.32 Å². The van der Waals surface area contributed by atoms with Crippen LogP contribution in [0.4, 0.5) is 5.69 Å². The summed E-state index contributed by atoms with van der Waals surface area (Å²) in [6, 6.07) is 11.8. The van der Waals surface area contributed by atoms with Crippen molar-refractivity contribution < 1.29 is 14.7 Å². The lowest BCUT2D eigenvalue weighted by Gasteiger charge is -2.19. The van der Waals surface area contributed by atoms with E-state index in [9.17, 15) is 24.3 Å². The van der Waals surface area contributed by atoms with Gasteiger partial charge in [-0.2, -0.15) is 0 Å². The van der Waals surface area contributed by atoms with Crippen LogP contribution in [0.25, 0.3) is 28.2 Å². The summed E-state index contributed by atoms with van der Waals surface area (Å²) in [7, 11) is 1.55. The normalized spacial score (nSPS) is 14.5. The second kappa shape index (κ2) is 7.20. The van der Waals surface area contributed by atoms with Crippen LogP contribution in [0.5, 0.6) is 5.75 Å². The molecule has 0 saturated heterocycles. The summed E-state index contributed by atoms with van der Waals surface area (Å²) in [4.78, 5) is 51.5. The Balaban J connectivity index is 1.74. The quantitative estimate of drug-likeness (QED) is 0.279. The number of hydrogen-bond donors (Lipinski definition) is 4. The van der Waals surface area contributed by atoms with Crippen molar-refractivity contribution in [3.8, 4) is 17.0 Å². The molecule has 5 rings (SSSR count). The Morgan fingerprint density at radius 3 is 2.52 bits per heavy atom. The predicted octanol–water partition coefficient (Wildman–Crippen LogP) is 2.45. The molecule has 0 radical (unpaired) electrons. The van der Waals surface area contributed by atoms with Gasteiger partial charge in [-0.05, 0) is 36.8 Å². The van der Waals surface area contributed by atoms with Gasteiger partial charge in [-0.15, -0.1) is 0 Å². The molecule has 0 fully saturated rings. The van der Waals surface area contributed by atoms with Crippen LogP contribution < -0.4 is 16.4 Å². The number of carbonyl (C=O) groups is 2. The molecule has 9 nitrogen and oxygen atoms in total. The predicted molar refractivity (Wildman–Crippen MR) is 123 cm³/mol. The van der Waals surface area contributed by atoms with Crippen molar-refractivity contribution in [3.63, 3.8) is 0 Å². The SMILES string of the molecule is Cc1cccc2c1NC(=O)C(=Cc1c(-c3c(O)c4ccccc4n(C)c3=O)[nH][nH]c1=O)C2=O. The maximum Gasteiger partial charge on any atom is 0.271 e. The van der Waals surface area contributed by atoms with Gasteiger partial charge in [0.15, 0.2) is 0 Å². The standard InChI is InChI=1S/C24H18N4O5/c1-11-6-5-8-13-18(11)25-22(31)15(20(13)29)10-14-19(26-27-23(14)32)17-21(30)12-7-3-4-9-16(12)28(2)24(17)33/h3-10,30H,1-2H3,(H,25,31)(H2,26,27,32). The van der Waals surface area contributed by atoms with E-state index in [2.05, 4.69) is 15.5 Å². The van der Waals surface area contributed by atoms with Gasteiger partial charge in [0.2, 0.25) is 5.78 Å². The average molecular weight is 442 g/mol. The highest BCUT2D eigenvalue weighted by Crippen LogP contribution is 2.34. The first-order valence-corrected chi connectivity index (χ1v) is 10.1. The highest BCUT2D eigenvalue weighted by molar-refractivity contribution is 6.36. The summed E-state index contributed by atoms with van der Waals surface area (Å²) in [6.07, 6.45) is 1.14. The number of aromatic hydroxyl groups is 1. The molecular formula is C24H18N4O5. The molecule has 0 unspecified atom stereocenters. The number of para-hydroxylation sites is 2. The van der Waals surface area contributed by atoms with Crippen molar-refractivity contribution in [3.05, 3.63) is 85.4 Å². The third-order valence-electron chi connectivity index (χ3n) is 5.87. The molecule has 4 N–H and O–H groups in total. The van der Waals surface area contributed by atoms with Crippen molar-refractivity contribution >= 4 is 34.4 Å². The number of rotatable bonds is 2. The largest absolute Gasteiger partial charge is 0.506 e. The minimum Gasteiger partial charge on any atom is -0.506 e. The number of benzene rings is 2. The number of pyridine rings is 1. The fourth-order valence-corrected chi connectivity index (χ4v) is 4.13. The number of ketones is 1. The summed E-state index contributed by atoms with van der Waals surface area (Å²) in [5.74, 6) is -1.52. The first-order chi connectivity index (χ1) is 15.8. The topological polar surface area (TPSA) is 137 Å². The highest BCUT2D eigenvalue weighted by Gasteiger charge is 2.31. The molecule has 0 spiro atoms. The van der Waals surface area contributed by atoms with Crippen molar-refractivity contribution in [2.45, 2.75) is 6.92 Å². The molecule has 0 saturated carbocycles. The number of carbonyl (C=O) groups excluding carboxylic acids is 2. The van der Waals surface area contributed by atoms with Gasteiger partial charge in [-0.3, -0.25) is 29.4 Å². The second-order valence-corrected chi connectivity index (χ2v) is 7.81. The van der Waals surface area contributed by atoms with Crippen LogP contribution in [0, 0.1) is 6.92 Å². The van der Waals surface area contributed by atoms with E-state index in [1.807, 2.05) is 0 Å². The molecular weight excluding hydrogens is 424 g/mol. The molecule has 9 heteroatoms. The Kier molecular flexibility index (Phi) is 4.42. The molecule has 1 aliphatic heterocycles. The fraction of sp³-hybridized carbons (Fsp3) is 0.0833. The highest BCUT2D eigenvalue weighted by atomic mass is 16.3. The minimum atomic E-state index is -0.663. The number of nitrogens with one attached hydrogen (secondary N) is 3. The Bertz CT molecular complexity index is 1650. The maximum atomic E-state index is 13.1. The van der Waals surface area contributed by atoms with Gasteiger partial charge in [0.05, 0.1) is 28.0 Å². The van der Waals surface area contributed by atoms with E-state index in [-0.39, 0.29) is 28.1 Å². The number of hydrogen-bond acceptors (Lipinski definition) is 5. The zero-order valence-corrected chi connectivity index (χ0v) is 17.6. The van der Waals surface area contributed by atoms with Crippen LogP contribution in [0.2, 0.25) is 0 Å². The summed E-state index contributed by atoms with van der Waals surface area (Å²) >= 11 is 0. The van der Waals surface area contributed by atoms with Crippen LogP contribution >= 0.6 is 0 Å². The Morgan fingerprint density at radius 1 is 0.970 bits per heavy atom. The third kappa shape index (κ3) is 2.93. The van der Waals surface area contributed by atoms with Crippen LogP contribution in [-0.2, 0) is 11.8 Å². The molecule has 0 atom stereocenters. The monoisotopic (exact) mass is 442 g/mol. The lowest BCUT2D eigenvalue weighted by Crippen LogP contribution is -2.28. The number of H-pyrrole nitrogens is 2. The van der Waals surface area contributed by atoms with E-state index in [1.54, 1.807) is 56.4 Å². The number of aromatic nitrogens is 3. The van der Waals surface area contributed by atoms with E-state index >= 15 is 0 Å². The van der Waals surface area contributed by atoms with Gasteiger partial charge in [0, 0.05) is 18.0 Å². The zero-order valence-electron chi connectivity index (χ0n) is 17.6. The third-order valence-corrected chi connectivity index (χ3v) is 5.87. The van der Waals surface area contributed by atoms with Crippen LogP contribution in [0.3, 0.4) is 0 Å². The summed E-state index contributed by atoms with van der Waals surface area (Å²) < 4.78 is 1.35. The van der Waals surface area contributed by atoms with E-state index in [0.717, 1.165) is 11.6 Å². The maximum absolute atomic E-state index is 13.1. The van der Waals surface area contributed by atoms with Crippen LogP contribution in [0.15, 0.2) is 57.6 Å². The van der Waals surface area contributed by atoms with Gasteiger partial charge in [0.25, 0.3) is 17.0 Å². The Morgan fingerprint density at radius 2 is 1.73 bits per heavy atom. The summed E-state index contributed by atoms with van der Waals surface area (Å²) in [6.45, 7) is 1.77. The van der Waals surface area contributed by atoms with Gasteiger partial charge >= 0.3 is 0 Å². The first kappa shape index (κ1) is 20.3. The van der Waals surface area contributed by atoms with E-state index in [0.29, 0.717) is 22.2 Å². The molecule has 2 aromatic heterocycles. The molecule has 3 heterocycles. The van der Waals surface area contributed by atoms with Crippen LogP contribution in [0.1, 0.15) is 21.5 Å². The van der Waals surface area contributed by atoms with Gasteiger partial charge in [-0.25, -0.2) is 0 Å². The second-order valence-electron chi connectivity index (χ2n) is 7.81. The number of nitrogens with zero attached hydrogens (tertiary/aromatic N) is 1.